The number of rotatable bonds is 4. The van der Waals surface area contributed by atoms with Gasteiger partial charge in [-0.1, -0.05) is 0 Å². The quantitative estimate of drug-likeness (QED) is 0.440. The van der Waals surface area contributed by atoms with Crippen LogP contribution < -0.4 is 10.6 Å². The van der Waals surface area contributed by atoms with Crippen LogP contribution in [-0.2, 0) is 16.4 Å². The van der Waals surface area contributed by atoms with Crippen LogP contribution >= 0.6 is 24.0 Å². The largest absolute Gasteiger partial charge is 0.467 e. The van der Waals surface area contributed by atoms with Gasteiger partial charge in [-0.15, -0.1) is 24.0 Å². The maximum absolute atomic E-state index is 11.7. The molecular weight excluding hydrogens is 393 g/mol. The molecule has 20 heavy (non-hydrogen) atoms. The van der Waals surface area contributed by atoms with Crippen LogP contribution in [0.5, 0.6) is 0 Å². The van der Waals surface area contributed by atoms with E-state index in [-0.39, 0.29) is 29.2 Å². The first-order chi connectivity index (χ1) is 9.12. The Bertz CT molecular complexity index is 528. The van der Waals surface area contributed by atoms with Gasteiger partial charge >= 0.3 is 0 Å². The van der Waals surface area contributed by atoms with Gasteiger partial charge in [0.05, 0.1) is 23.8 Å². The Labute approximate surface area is 136 Å². The van der Waals surface area contributed by atoms with Crippen molar-refractivity contribution >= 4 is 39.8 Å². The molecule has 2 heterocycles. The molecule has 8 heteroatoms. The number of hydrogen-bond donors (Lipinski definition) is 2. The van der Waals surface area contributed by atoms with E-state index in [0.717, 1.165) is 18.6 Å². The van der Waals surface area contributed by atoms with Crippen molar-refractivity contribution in [3.63, 3.8) is 0 Å². The number of sulfone groups is 1. The number of nitrogens with zero attached hydrogens (tertiary/aromatic N) is 1. The molecule has 1 aromatic rings. The van der Waals surface area contributed by atoms with Gasteiger partial charge in [-0.2, -0.15) is 0 Å². The fourth-order valence-corrected chi connectivity index (χ4v) is 3.87. The Morgan fingerprint density at radius 1 is 1.50 bits per heavy atom. The van der Waals surface area contributed by atoms with E-state index in [0.29, 0.717) is 24.8 Å². The van der Waals surface area contributed by atoms with Gasteiger partial charge < -0.3 is 15.1 Å². The SMILES string of the molecule is CN=C(NCc1ccco1)NCC1CCCS1(=O)=O.I. The third kappa shape index (κ3) is 4.65. The predicted molar refractivity (Wildman–Crippen MR) is 89.1 cm³/mol. The molecule has 1 aliphatic rings. The van der Waals surface area contributed by atoms with Crippen LogP contribution in [0.3, 0.4) is 0 Å². The Morgan fingerprint density at radius 2 is 2.30 bits per heavy atom. The molecule has 0 aliphatic carbocycles. The monoisotopic (exact) mass is 413 g/mol. The first kappa shape index (κ1) is 17.3. The first-order valence-electron chi connectivity index (χ1n) is 6.30. The number of guanidine groups is 1. The van der Waals surface area contributed by atoms with E-state index in [1.807, 2.05) is 12.1 Å². The summed E-state index contributed by atoms with van der Waals surface area (Å²) < 4.78 is 28.6. The fourth-order valence-electron chi connectivity index (χ4n) is 2.10. The topological polar surface area (TPSA) is 83.7 Å². The van der Waals surface area contributed by atoms with Gasteiger partial charge in [0.25, 0.3) is 0 Å². The summed E-state index contributed by atoms with van der Waals surface area (Å²) in [6.45, 7) is 0.921. The predicted octanol–water partition coefficient (Wildman–Crippen LogP) is 1.14. The van der Waals surface area contributed by atoms with Gasteiger partial charge in [0.2, 0.25) is 0 Å². The second-order valence-corrected chi connectivity index (χ2v) is 6.92. The van der Waals surface area contributed by atoms with Gasteiger partial charge in [-0.05, 0) is 25.0 Å². The van der Waals surface area contributed by atoms with Crippen molar-refractivity contribution in [2.24, 2.45) is 4.99 Å². The summed E-state index contributed by atoms with van der Waals surface area (Å²) >= 11 is 0. The third-order valence-electron chi connectivity index (χ3n) is 3.19. The smallest absolute Gasteiger partial charge is 0.191 e. The number of hydrogen-bond acceptors (Lipinski definition) is 4. The lowest BCUT2D eigenvalue weighted by Crippen LogP contribution is -2.41. The molecule has 2 rings (SSSR count). The van der Waals surface area contributed by atoms with Gasteiger partial charge in [-0.3, -0.25) is 4.99 Å². The third-order valence-corrected chi connectivity index (χ3v) is 5.47. The lowest BCUT2D eigenvalue weighted by atomic mass is 10.2. The molecule has 0 bridgehead atoms. The van der Waals surface area contributed by atoms with Crippen molar-refractivity contribution in [2.45, 2.75) is 24.6 Å². The molecule has 1 aliphatic heterocycles. The van der Waals surface area contributed by atoms with Crippen LogP contribution in [0.25, 0.3) is 0 Å². The Balaban J connectivity index is 0.00000200. The molecule has 0 amide bonds. The molecular formula is C12H20IN3O3S. The summed E-state index contributed by atoms with van der Waals surface area (Å²) in [7, 11) is -1.26. The van der Waals surface area contributed by atoms with E-state index in [2.05, 4.69) is 15.6 Å². The highest BCUT2D eigenvalue weighted by Crippen LogP contribution is 2.18. The number of aliphatic imine (C=N–C) groups is 1. The van der Waals surface area contributed by atoms with Crippen molar-refractivity contribution < 1.29 is 12.8 Å². The van der Waals surface area contributed by atoms with Crippen LogP contribution in [0, 0.1) is 0 Å². The summed E-state index contributed by atoms with van der Waals surface area (Å²) in [5.74, 6) is 1.69. The van der Waals surface area contributed by atoms with Crippen LogP contribution in [-0.4, -0.2) is 39.0 Å². The lowest BCUT2D eigenvalue weighted by molar-refractivity contribution is 0.501. The summed E-state index contributed by atoms with van der Waals surface area (Å²) in [4.78, 5) is 4.05. The van der Waals surface area contributed by atoms with Gasteiger partial charge in [-0.25, -0.2) is 8.42 Å². The zero-order valence-corrected chi connectivity index (χ0v) is 14.5. The average Bonchev–Trinajstić information content (AvgIpc) is 2.99. The molecule has 0 aromatic carbocycles. The maximum Gasteiger partial charge on any atom is 0.191 e. The minimum atomic E-state index is -2.91. The van der Waals surface area contributed by atoms with Crippen molar-refractivity contribution in [1.82, 2.24) is 10.6 Å². The van der Waals surface area contributed by atoms with Crippen LogP contribution in [0.4, 0.5) is 0 Å². The highest BCUT2D eigenvalue weighted by molar-refractivity contribution is 14.0. The molecule has 1 saturated heterocycles. The minimum absolute atomic E-state index is 0. The molecule has 1 atom stereocenters. The average molecular weight is 413 g/mol. The van der Waals surface area contributed by atoms with E-state index in [1.165, 1.54) is 0 Å². The van der Waals surface area contributed by atoms with Crippen molar-refractivity contribution in [3.8, 4) is 0 Å². The van der Waals surface area contributed by atoms with Crippen molar-refractivity contribution in [3.05, 3.63) is 24.2 Å². The molecule has 6 nitrogen and oxygen atoms in total. The summed E-state index contributed by atoms with van der Waals surface area (Å²) in [6.07, 6.45) is 3.09. The molecule has 1 unspecified atom stereocenters. The van der Waals surface area contributed by atoms with Gasteiger partial charge in [0, 0.05) is 13.6 Å². The van der Waals surface area contributed by atoms with Gasteiger partial charge in [0.15, 0.2) is 15.8 Å². The zero-order chi connectivity index (χ0) is 13.7. The normalized spacial score (nSPS) is 21.2. The Hall–Kier alpha value is -0.770. The fraction of sp³-hybridized carbons (Fsp3) is 0.583. The van der Waals surface area contributed by atoms with Crippen molar-refractivity contribution in [2.75, 3.05) is 19.3 Å². The summed E-state index contributed by atoms with van der Waals surface area (Å²) in [5, 5.41) is 5.82. The zero-order valence-electron chi connectivity index (χ0n) is 11.3. The molecule has 114 valence electrons. The van der Waals surface area contributed by atoms with E-state index in [4.69, 9.17) is 4.42 Å². The molecule has 0 saturated carbocycles. The van der Waals surface area contributed by atoms with E-state index in [9.17, 15) is 8.42 Å². The standard InChI is InChI=1S/C12H19N3O3S.HI/c1-13-12(14-8-10-4-2-6-18-10)15-9-11-5-3-7-19(11,16)17;/h2,4,6,11H,3,5,7-9H2,1H3,(H2,13,14,15);1H. The lowest BCUT2D eigenvalue weighted by Gasteiger charge is -2.14. The summed E-state index contributed by atoms with van der Waals surface area (Å²) in [5.41, 5.74) is 0. The molecule has 0 radical (unpaired) electrons. The minimum Gasteiger partial charge on any atom is -0.467 e. The Morgan fingerprint density at radius 3 is 2.85 bits per heavy atom. The van der Waals surface area contributed by atoms with E-state index >= 15 is 0 Å². The van der Waals surface area contributed by atoms with Crippen LogP contribution in [0.15, 0.2) is 27.8 Å². The van der Waals surface area contributed by atoms with Crippen molar-refractivity contribution in [1.29, 1.82) is 0 Å². The first-order valence-corrected chi connectivity index (χ1v) is 8.02. The highest BCUT2D eigenvalue weighted by atomic mass is 127. The van der Waals surface area contributed by atoms with Gasteiger partial charge in [0.1, 0.15) is 5.76 Å². The number of halogens is 1. The summed E-state index contributed by atoms with van der Waals surface area (Å²) in [6, 6.07) is 3.68. The second kappa shape index (κ2) is 7.87. The van der Waals surface area contributed by atoms with E-state index < -0.39 is 9.84 Å². The number of nitrogens with one attached hydrogen (secondary N) is 2. The highest BCUT2D eigenvalue weighted by Gasteiger charge is 2.30. The van der Waals surface area contributed by atoms with Crippen LogP contribution in [0.2, 0.25) is 0 Å². The molecule has 2 N–H and O–H groups in total. The number of furan rings is 1. The second-order valence-electron chi connectivity index (χ2n) is 4.52. The molecule has 1 aromatic heterocycles. The Kier molecular flexibility index (Phi) is 6.80. The molecule has 0 spiro atoms. The van der Waals surface area contributed by atoms with Crippen LogP contribution in [0.1, 0.15) is 18.6 Å². The molecule has 1 fully saturated rings. The maximum atomic E-state index is 11.7. The van der Waals surface area contributed by atoms with E-state index in [1.54, 1.807) is 13.3 Å².